The molecule has 2 heterocycles. The molecule has 0 saturated carbocycles. The van der Waals surface area contributed by atoms with Crippen molar-refractivity contribution in [2.24, 2.45) is 0 Å². The maximum Gasteiger partial charge on any atom is 0.302 e. The number of hydrogen-bond donors (Lipinski definition) is 1. The van der Waals surface area contributed by atoms with Crippen molar-refractivity contribution in [1.82, 2.24) is 0 Å². The number of hydrogen-bond acceptors (Lipinski definition) is 9. The maximum atomic E-state index is 14.7. The first-order valence-electron chi connectivity index (χ1n) is 14.9. The lowest BCUT2D eigenvalue weighted by Crippen LogP contribution is -2.39. The number of fused-ring (bicyclic) bond motifs is 1. The quantitative estimate of drug-likeness (QED) is 0.167. The lowest BCUT2D eigenvalue weighted by molar-refractivity contribution is -0.392. The van der Waals surface area contributed by atoms with Gasteiger partial charge in [0.05, 0.1) is 27.8 Å². The highest BCUT2D eigenvalue weighted by atomic mass is 19.1. The number of aryl methyl sites for hydroxylation is 1. The molecule has 2 aromatic carbocycles. The largest absolute Gasteiger partial charge is 0.481 e. The number of terminal acetylenes is 1. The van der Waals surface area contributed by atoms with Crippen molar-refractivity contribution in [3.63, 3.8) is 0 Å². The van der Waals surface area contributed by atoms with Gasteiger partial charge in [0.25, 0.3) is 23.4 Å². The topological polar surface area (TPSA) is 165 Å². The zero-order valence-electron chi connectivity index (χ0n) is 26.0. The number of halogens is 1. The van der Waals surface area contributed by atoms with Crippen molar-refractivity contribution in [2.45, 2.75) is 72.3 Å². The predicted octanol–water partition coefficient (Wildman–Crippen LogP) is 5.65. The van der Waals surface area contributed by atoms with E-state index in [1.807, 2.05) is 13.8 Å². The molecule has 0 fully saturated rings. The molecule has 0 aromatic heterocycles. The lowest BCUT2D eigenvalue weighted by atomic mass is 9.93. The van der Waals surface area contributed by atoms with E-state index in [0.29, 0.717) is 35.1 Å². The summed E-state index contributed by atoms with van der Waals surface area (Å²) in [5, 5.41) is 25.4. The van der Waals surface area contributed by atoms with E-state index in [2.05, 4.69) is 11.2 Å². The van der Waals surface area contributed by atoms with Crippen molar-refractivity contribution < 1.29 is 33.4 Å². The number of anilines is 3. The average Bonchev–Trinajstić information content (AvgIpc) is 3.27. The number of carbonyl (C=O) groups excluding carboxylic acids is 3. The molecule has 2 aliphatic heterocycles. The van der Waals surface area contributed by atoms with Crippen LogP contribution in [0.4, 0.5) is 32.8 Å². The number of ether oxygens (including phenoxy) is 1. The van der Waals surface area contributed by atoms with Crippen LogP contribution in [0.15, 0.2) is 29.3 Å². The van der Waals surface area contributed by atoms with Crippen molar-refractivity contribution in [1.29, 1.82) is 0 Å². The summed E-state index contributed by atoms with van der Waals surface area (Å²) in [7, 11) is 0. The zero-order valence-corrected chi connectivity index (χ0v) is 26.0. The standard InChI is InChI=1S/C19H15FN2O4.C13H19N3O4/c1-2-7-21-15-9-14(13(20)8-16(15)26-10-17(21)23)22-18(24)11-5-3-4-6-12(11)19(22)25;1-5-10(6-2)14-12-11(15(17)18)7-8(3)9(4)13(12)16(19)20/h1,8-9H,3-7,10H2;7,10,14H,5-6H2,1-4H3. The molecule has 46 heavy (non-hydrogen) atoms. The number of nitro benzene ring substituents is 2. The predicted molar refractivity (Wildman–Crippen MR) is 168 cm³/mol. The first-order valence-corrected chi connectivity index (χ1v) is 14.9. The summed E-state index contributed by atoms with van der Waals surface area (Å²) in [5.74, 6) is 0.406. The van der Waals surface area contributed by atoms with Gasteiger partial charge >= 0.3 is 5.69 Å². The van der Waals surface area contributed by atoms with Crippen LogP contribution in [0, 0.1) is 52.2 Å². The molecule has 1 aliphatic carbocycles. The second-order valence-corrected chi connectivity index (χ2v) is 11.1. The Hall–Kier alpha value is -5.32. The SMILES string of the molecule is C#CCN1C(=O)COc2cc(F)c(N3C(=O)C4=C(CCCC4)C3=O)cc21.CCC(CC)Nc1c([N+](=O)[O-])cc(C)c(C)c1[N+](=O)[O-]. The van der Waals surface area contributed by atoms with Gasteiger partial charge in [-0.2, -0.15) is 0 Å². The normalized spacial score (nSPS) is 15.5. The molecule has 0 atom stereocenters. The molecular formula is C32H34FN5O8. The van der Waals surface area contributed by atoms with Gasteiger partial charge in [0.15, 0.2) is 18.1 Å². The van der Waals surface area contributed by atoms with E-state index >= 15 is 0 Å². The van der Waals surface area contributed by atoms with Crippen LogP contribution in [0.2, 0.25) is 0 Å². The third-order valence-corrected chi connectivity index (χ3v) is 8.36. The van der Waals surface area contributed by atoms with Gasteiger partial charge in [-0.15, -0.1) is 6.42 Å². The van der Waals surface area contributed by atoms with Crippen LogP contribution in [0.1, 0.15) is 63.5 Å². The van der Waals surface area contributed by atoms with Gasteiger partial charge in [0, 0.05) is 34.9 Å². The van der Waals surface area contributed by atoms with Crippen LogP contribution in [-0.4, -0.2) is 46.8 Å². The lowest BCUT2D eigenvalue weighted by Gasteiger charge is -2.29. The summed E-state index contributed by atoms with van der Waals surface area (Å²) < 4.78 is 19.9. The molecule has 0 radical (unpaired) electrons. The highest BCUT2D eigenvalue weighted by Crippen LogP contribution is 2.42. The molecule has 13 nitrogen and oxygen atoms in total. The Kier molecular flexibility index (Phi) is 10.0. The second kappa shape index (κ2) is 13.8. The maximum absolute atomic E-state index is 14.7. The molecule has 0 bridgehead atoms. The van der Waals surface area contributed by atoms with Gasteiger partial charge < -0.3 is 10.1 Å². The minimum Gasteiger partial charge on any atom is -0.481 e. The Morgan fingerprint density at radius 3 is 2.13 bits per heavy atom. The van der Waals surface area contributed by atoms with Crippen LogP contribution < -0.4 is 19.9 Å². The summed E-state index contributed by atoms with van der Waals surface area (Å²) in [6.45, 7) is 6.84. The summed E-state index contributed by atoms with van der Waals surface area (Å²) in [6.07, 6.45) is 9.48. The van der Waals surface area contributed by atoms with Crippen LogP contribution in [0.5, 0.6) is 5.75 Å². The highest BCUT2D eigenvalue weighted by molar-refractivity contribution is 6.33. The van der Waals surface area contributed by atoms with Crippen molar-refractivity contribution >= 4 is 46.2 Å². The van der Waals surface area contributed by atoms with E-state index in [4.69, 9.17) is 11.2 Å². The fourth-order valence-electron chi connectivity index (χ4n) is 5.70. The molecule has 0 saturated heterocycles. The minimum absolute atomic E-state index is 0.0109. The first-order chi connectivity index (χ1) is 21.9. The summed E-state index contributed by atoms with van der Waals surface area (Å²) >= 11 is 0. The molecule has 0 spiro atoms. The van der Waals surface area contributed by atoms with E-state index in [1.165, 1.54) is 17.0 Å². The van der Waals surface area contributed by atoms with Crippen molar-refractivity contribution in [3.05, 3.63) is 66.5 Å². The van der Waals surface area contributed by atoms with Gasteiger partial charge in [-0.1, -0.05) is 19.8 Å². The number of rotatable bonds is 8. The smallest absolute Gasteiger partial charge is 0.302 e. The van der Waals surface area contributed by atoms with Crippen LogP contribution in [0.25, 0.3) is 0 Å². The van der Waals surface area contributed by atoms with E-state index in [0.717, 1.165) is 36.6 Å². The Bertz CT molecular complexity index is 1680. The number of nitro groups is 2. The summed E-state index contributed by atoms with van der Waals surface area (Å²) in [4.78, 5) is 60.8. The zero-order chi connectivity index (χ0) is 33.9. The highest BCUT2D eigenvalue weighted by Gasteiger charge is 2.42. The van der Waals surface area contributed by atoms with Gasteiger partial charge in [-0.3, -0.25) is 39.5 Å². The number of nitrogens with zero attached hydrogens (tertiary/aromatic N) is 4. The Morgan fingerprint density at radius 1 is 1.00 bits per heavy atom. The van der Waals surface area contributed by atoms with Crippen molar-refractivity contribution in [3.8, 4) is 18.1 Å². The molecule has 14 heteroatoms. The van der Waals surface area contributed by atoms with Crippen LogP contribution >= 0.6 is 0 Å². The average molecular weight is 636 g/mol. The number of nitrogens with one attached hydrogen (secondary N) is 1. The molecule has 2 aromatic rings. The Morgan fingerprint density at radius 2 is 1.61 bits per heavy atom. The van der Waals surface area contributed by atoms with Gasteiger partial charge in [0.2, 0.25) is 0 Å². The fraction of sp³-hybridized carbons (Fsp3) is 0.406. The summed E-state index contributed by atoms with van der Waals surface area (Å²) in [6, 6.07) is 3.72. The molecule has 0 unspecified atom stereocenters. The number of amides is 3. The summed E-state index contributed by atoms with van der Waals surface area (Å²) in [5.41, 5.74) is 1.55. The minimum atomic E-state index is -0.764. The number of carbonyl (C=O) groups is 3. The fourth-order valence-corrected chi connectivity index (χ4v) is 5.70. The third-order valence-electron chi connectivity index (χ3n) is 8.36. The van der Waals surface area contributed by atoms with Crippen molar-refractivity contribution in [2.75, 3.05) is 28.3 Å². The molecule has 3 aliphatic rings. The molecular weight excluding hydrogens is 601 g/mol. The third kappa shape index (κ3) is 6.26. The number of imide groups is 1. The van der Waals surface area contributed by atoms with Crippen LogP contribution in [-0.2, 0) is 14.4 Å². The second-order valence-electron chi connectivity index (χ2n) is 11.1. The van der Waals surface area contributed by atoms with E-state index < -0.39 is 27.5 Å². The van der Waals surface area contributed by atoms with Gasteiger partial charge in [0.1, 0.15) is 5.75 Å². The monoisotopic (exact) mass is 635 g/mol. The molecule has 242 valence electrons. The molecule has 5 rings (SSSR count). The number of benzene rings is 2. The first kappa shape index (κ1) is 33.6. The Balaban J connectivity index is 0.000000217. The van der Waals surface area contributed by atoms with Crippen LogP contribution in [0.3, 0.4) is 0 Å². The van der Waals surface area contributed by atoms with E-state index in [1.54, 1.807) is 13.8 Å². The molecule has 1 N–H and O–H groups in total. The van der Waals surface area contributed by atoms with Gasteiger partial charge in [-0.05, 0) is 64.0 Å². The molecule has 3 amide bonds. The van der Waals surface area contributed by atoms with E-state index in [9.17, 15) is 39.0 Å². The Labute approximate surface area is 264 Å². The van der Waals surface area contributed by atoms with Gasteiger partial charge in [-0.25, -0.2) is 9.29 Å². The van der Waals surface area contributed by atoms with E-state index in [-0.39, 0.29) is 59.3 Å².